The van der Waals surface area contributed by atoms with Gasteiger partial charge in [0.1, 0.15) is 0 Å². The summed E-state index contributed by atoms with van der Waals surface area (Å²) in [5.41, 5.74) is -0.271. The molecule has 5 heteroatoms. The molecular formula is C9H6N2O3. The summed E-state index contributed by atoms with van der Waals surface area (Å²) in [6.45, 7) is 0. The van der Waals surface area contributed by atoms with E-state index in [-0.39, 0.29) is 17.7 Å². The van der Waals surface area contributed by atoms with E-state index in [0.717, 1.165) is 0 Å². The number of nitriles is 1. The summed E-state index contributed by atoms with van der Waals surface area (Å²) in [6, 6.07) is 7.24. The fourth-order valence-corrected chi connectivity index (χ4v) is 1.04. The molecule has 0 saturated heterocycles. The van der Waals surface area contributed by atoms with Crippen LogP contribution in [-0.4, -0.2) is 10.7 Å². The fraction of sp³-hybridized carbons (Fsp3) is 0.111. The van der Waals surface area contributed by atoms with Crippen molar-refractivity contribution in [3.63, 3.8) is 0 Å². The minimum Gasteiger partial charge on any atom is -0.293 e. The Kier molecular flexibility index (Phi) is 2.92. The van der Waals surface area contributed by atoms with Gasteiger partial charge in [0.15, 0.2) is 5.78 Å². The lowest BCUT2D eigenvalue weighted by Gasteiger charge is -1.97. The second-order valence-electron chi connectivity index (χ2n) is 2.53. The van der Waals surface area contributed by atoms with E-state index in [9.17, 15) is 14.9 Å². The largest absolute Gasteiger partial charge is 0.293 e. The topological polar surface area (TPSA) is 84.0 Å². The van der Waals surface area contributed by atoms with Crippen LogP contribution < -0.4 is 0 Å². The maximum absolute atomic E-state index is 11.2. The van der Waals surface area contributed by atoms with Gasteiger partial charge in [-0.15, -0.1) is 0 Å². The number of nitro groups is 1. The molecule has 0 bridgehead atoms. The predicted octanol–water partition coefficient (Wildman–Crippen LogP) is 1.69. The van der Waals surface area contributed by atoms with E-state index in [0.29, 0.717) is 0 Å². The average Bonchev–Trinajstić information content (AvgIpc) is 2.18. The van der Waals surface area contributed by atoms with Crippen molar-refractivity contribution >= 4 is 11.5 Å². The zero-order chi connectivity index (χ0) is 10.6. The Morgan fingerprint density at radius 1 is 1.50 bits per heavy atom. The Balaban J connectivity index is 3.15. The van der Waals surface area contributed by atoms with Crippen molar-refractivity contribution in [2.24, 2.45) is 0 Å². The first kappa shape index (κ1) is 9.86. The number of nitro benzene ring substituents is 1. The number of Topliss-reactive ketones (excluding diaryl/α,β-unsaturated/α-hetero) is 1. The number of ketones is 1. The van der Waals surface area contributed by atoms with E-state index in [1.165, 1.54) is 24.3 Å². The van der Waals surface area contributed by atoms with Gasteiger partial charge in [-0.3, -0.25) is 14.9 Å². The Bertz CT molecular complexity index is 420. The van der Waals surface area contributed by atoms with Crippen LogP contribution in [0, 0.1) is 21.4 Å². The summed E-state index contributed by atoms with van der Waals surface area (Å²) in [7, 11) is 0. The van der Waals surface area contributed by atoms with E-state index < -0.39 is 10.7 Å². The van der Waals surface area contributed by atoms with Gasteiger partial charge in [-0.25, -0.2) is 0 Å². The number of carbonyl (C=O) groups is 1. The van der Waals surface area contributed by atoms with E-state index in [4.69, 9.17) is 5.26 Å². The fourth-order valence-electron chi connectivity index (χ4n) is 1.04. The van der Waals surface area contributed by atoms with Gasteiger partial charge in [0, 0.05) is 6.07 Å². The van der Waals surface area contributed by atoms with Gasteiger partial charge in [0.2, 0.25) is 0 Å². The molecule has 0 atom stereocenters. The highest BCUT2D eigenvalue weighted by Gasteiger charge is 2.18. The van der Waals surface area contributed by atoms with E-state index in [1.807, 2.05) is 0 Å². The number of benzene rings is 1. The maximum atomic E-state index is 11.2. The Morgan fingerprint density at radius 3 is 2.71 bits per heavy atom. The molecule has 70 valence electrons. The number of hydrogen-bond acceptors (Lipinski definition) is 4. The third kappa shape index (κ3) is 1.93. The lowest BCUT2D eigenvalue weighted by atomic mass is 10.1. The Hall–Kier alpha value is -2.22. The summed E-state index contributed by atoms with van der Waals surface area (Å²) in [6.07, 6.45) is -0.342. The normalized spacial score (nSPS) is 9.07. The van der Waals surface area contributed by atoms with Crippen LogP contribution in [0.25, 0.3) is 0 Å². The number of carbonyl (C=O) groups excluding carboxylic acids is 1. The standard InChI is InChI=1S/C9H6N2O3/c10-6-5-9(12)7-3-1-2-4-8(7)11(13)14/h1-4H,5H2. The van der Waals surface area contributed by atoms with Crippen molar-refractivity contribution in [2.75, 3.05) is 0 Å². The molecule has 0 heterocycles. The minimum atomic E-state index is -0.634. The smallest absolute Gasteiger partial charge is 0.280 e. The zero-order valence-corrected chi connectivity index (χ0v) is 7.14. The number of nitrogens with zero attached hydrogens (tertiary/aromatic N) is 2. The number of rotatable bonds is 3. The molecule has 0 spiro atoms. The summed E-state index contributed by atoms with van der Waals surface area (Å²) in [5, 5.41) is 18.8. The highest BCUT2D eigenvalue weighted by molar-refractivity contribution is 6.00. The molecule has 5 nitrogen and oxygen atoms in total. The summed E-state index contributed by atoms with van der Waals surface area (Å²) in [4.78, 5) is 21.1. The summed E-state index contributed by atoms with van der Waals surface area (Å²) >= 11 is 0. The Labute approximate surface area is 79.7 Å². The maximum Gasteiger partial charge on any atom is 0.280 e. The van der Waals surface area contributed by atoms with Crippen molar-refractivity contribution < 1.29 is 9.72 Å². The molecule has 0 amide bonds. The van der Waals surface area contributed by atoms with Crippen LogP contribution in [0.4, 0.5) is 5.69 Å². The van der Waals surface area contributed by atoms with E-state index >= 15 is 0 Å². The molecule has 0 aliphatic rings. The Morgan fingerprint density at radius 2 is 2.14 bits per heavy atom. The molecule has 0 saturated carbocycles. The first-order valence-corrected chi connectivity index (χ1v) is 3.80. The molecule has 0 N–H and O–H groups in total. The highest BCUT2D eigenvalue weighted by atomic mass is 16.6. The molecule has 1 aromatic carbocycles. The minimum absolute atomic E-state index is 0.0148. The molecule has 1 rings (SSSR count). The molecule has 0 aliphatic heterocycles. The first-order chi connectivity index (χ1) is 6.66. The summed E-state index contributed by atoms with van der Waals surface area (Å²) < 4.78 is 0. The van der Waals surface area contributed by atoms with Gasteiger partial charge < -0.3 is 0 Å². The van der Waals surface area contributed by atoms with Crippen LogP contribution >= 0.6 is 0 Å². The third-order valence-corrected chi connectivity index (χ3v) is 1.64. The molecule has 0 radical (unpaired) electrons. The van der Waals surface area contributed by atoms with Crippen molar-refractivity contribution in [3.8, 4) is 6.07 Å². The number of para-hydroxylation sites is 1. The van der Waals surface area contributed by atoms with Crippen LogP contribution in [0.1, 0.15) is 16.8 Å². The van der Waals surface area contributed by atoms with Gasteiger partial charge in [-0.2, -0.15) is 5.26 Å². The molecule has 1 aromatic rings. The number of hydrogen-bond donors (Lipinski definition) is 0. The molecule has 0 unspecified atom stereocenters. The van der Waals surface area contributed by atoms with Gasteiger partial charge in [0.25, 0.3) is 5.69 Å². The molecule has 0 aliphatic carbocycles. The van der Waals surface area contributed by atoms with Crippen LogP contribution in [0.5, 0.6) is 0 Å². The van der Waals surface area contributed by atoms with Gasteiger partial charge >= 0.3 is 0 Å². The molecule has 14 heavy (non-hydrogen) atoms. The average molecular weight is 190 g/mol. The lowest BCUT2D eigenvalue weighted by Crippen LogP contribution is -2.02. The quantitative estimate of drug-likeness (QED) is 0.412. The molecule has 0 aromatic heterocycles. The highest BCUT2D eigenvalue weighted by Crippen LogP contribution is 2.18. The van der Waals surface area contributed by atoms with Crippen molar-refractivity contribution in [3.05, 3.63) is 39.9 Å². The van der Waals surface area contributed by atoms with Crippen LogP contribution in [0.2, 0.25) is 0 Å². The van der Waals surface area contributed by atoms with Crippen LogP contribution in [-0.2, 0) is 0 Å². The van der Waals surface area contributed by atoms with Gasteiger partial charge in [-0.1, -0.05) is 12.1 Å². The van der Waals surface area contributed by atoms with E-state index in [2.05, 4.69) is 0 Å². The van der Waals surface area contributed by atoms with Gasteiger partial charge in [-0.05, 0) is 6.07 Å². The predicted molar refractivity (Wildman–Crippen MR) is 47.7 cm³/mol. The SMILES string of the molecule is N#CCC(=O)c1ccccc1[N+](=O)[O-]. The van der Waals surface area contributed by atoms with E-state index in [1.54, 1.807) is 6.07 Å². The monoisotopic (exact) mass is 190 g/mol. The second-order valence-corrected chi connectivity index (χ2v) is 2.53. The van der Waals surface area contributed by atoms with Crippen molar-refractivity contribution in [1.29, 1.82) is 5.26 Å². The first-order valence-electron chi connectivity index (χ1n) is 3.80. The van der Waals surface area contributed by atoms with Crippen molar-refractivity contribution in [2.45, 2.75) is 6.42 Å². The van der Waals surface area contributed by atoms with Crippen LogP contribution in [0.15, 0.2) is 24.3 Å². The lowest BCUT2D eigenvalue weighted by molar-refractivity contribution is -0.385. The second kappa shape index (κ2) is 4.14. The molecular weight excluding hydrogens is 184 g/mol. The third-order valence-electron chi connectivity index (χ3n) is 1.64. The van der Waals surface area contributed by atoms with Gasteiger partial charge in [0.05, 0.1) is 23.0 Å². The van der Waals surface area contributed by atoms with Crippen LogP contribution in [0.3, 0.4) is 0 Å². The summed E-state index contributed by atoms with van der Waals surface area (Å²) in [5.74, 6) is -0.528. The van der Waals surface area contributed by atoms with Crippen molar-refractivity contribution in [1.82, 2.24) is 0 Å². The molecule has 0 fully saturated rings. The zero-order valence-electron chi connectivity index (χ0n) is 7.14.